The van der Waals surface area contributed by atoms with Gasteiger partial charge in [-0.1, -0.05) is 12.1 Å². The molecule has 0 amide bonds. The van der Waals surface area contributed by atoms with Gasteiger partial charge in [-0.15, -0.1) is 0 Å². The van der Waals surface area contributed by atoms with Gasteiger partial charge in [-0.25, -0.2) is 0 Å². The number of para-hydroxylation sites is 2. The molecule has 35 heavy (non-hydrogen) atoms. The molecule has 10 heteroatoms. The van der Waals surface area contributed by atoms with Gasteiger partial charge in [-0.05, 0) is 64.3 Å². The molecule has 0 heterocycles. The normalized spacial score (nSPS) is 13.5. The van der Waals surface area contributed by atoms with Gasteiger partial charge in [0.15, 0.2) is 23.0 Å². The van der Waals surface area contributed by atoms with Crippen molar-refractivity contribution < 1.29 is 46.4 Å². The Kier molecular flexibility index (Phi) is 11.7. The van der Waals surface area contributed by atoms with Crippen LogP contribution < -0.4 is 5.73 Å². The van der Waals surface area contributed by atoms with Crippen LogP contribution in [0.25, 0.3) is 0 Å². The van der Waals surface area contributed by atoms with Crippen molar-refractivity contribution in [3.05, 3.63) is 47.5 Å². The molecule has 2 atom stereocenters. The fraction of sp³-hybridized carbons (Fsp3) is 0.400. The number of ether oxygens (including phenoxy) is 1. The predicted octanol–water partition coefficient (Wildman–Crippen LogP) is 3.25. The fourth-order valence-electron chi connectivity index (χ4n) is 3.05. The van der Waals surface area contributed by atoms with E-state index in [1.165, 1.54) is 24.6 Å². The number of nitrogens with zero attached hydrogens (tertiary/aromatic N) is 2. The van der Waals surface area contributed by atoms with E-state index in [0.717, 1.165) is 0 Å². The van der Waals surface area contributed by atoms with Gasteiger partial charge in [-0.3, -0.25) is 14.8 Å². The summed E-state index contributed by atoms with van der Waals surface area (Å²) in [5, 5.41) is 39.2. The third-order valence-corrected chi connectivity index (χ3v) is 4.82. The van der Waals surface area contributed by atoms with Crippen LogP contribution in [0.1, 0.15) is 51.2 Å². The van der Waals surface area contributed by atoms with Crippen LogP contribution in [0.3, 0.4) is 0 Å². The summed E-state index contributed by atoms with van der Waals surface area (Å²) < 4.78 is 5.31. The van der Waals surface area contributed by atoms with Crippen molar-refractivity contribution in [1.82, 2.24) is 0 Å². The van der Waals surface area contributed by atoms with Crippen molar-refractivity contribution in [2.45, 2.75) is 57.7 Å². The van der Waals surface area contributed by atoms with Gasteiger partial charge in [0.05, 0.1) is 12.6 Å². The second kappa shape index (κ2) is 13.7. The van der Waals surface area contributed by atoms with E-state index in [1.54, 1.807) is 45.0 Å². The van der Waals surface area contributed by atoms with Gasteiger partial charge >= 0.3 is 5.97 Å². The molecule has 1 unspecified atom stereocenters. The first kappa shape index (κ1) is 29.9. The summed E-state index contributed by atoms with van der Waals surface area (Å²) in [5.41, 5.74) is 6.06. The van der Waals surface area contributed by atoms with Gasteiger partial charge in [0.1, 0.15) is 11.6 Å². The number of carbonyl (C=O) groups is 1. The Morgan fingerprint density at radius 1 is 0.971 bits per heavy atom. The maximum atomic E-state index is 12.1. The van der Waals surface area contributed by atoms with Crippen molar-refractivity contribution in [2.75, 3.05) is 6.54 Å². The zero-order valence-corrected chi connectivity index (χ0v) is 21.0. The van der Waals surface area contributed by atoms with Crippen LogP contribution in [0.15, 0.2) is 46.4 Å². The number of aromatic hydroxyl groups is 4. The second-order valence-electron chi connectivity index (χ2n) is 8.93. The minimum Gasteiger partial charge on any atom is -0.504 e. The van der Waals surface area contributed by atoms with Crippen molar-refractivity contribution in [3.63, 3.8) is 0 Å². The number of phenolic OH excluding ortho intramolecular Hbond substituents is 4. The molecule has 0 fully saturated rings. The molecule has 0 bridgehead atoms. The van der Waals surface area contributed by atoms with Crippen LogP contribution in [0, 0.1) is 0 Å². The van der Waals surface area contributed by atoms with Gasteiger partial charge in [0.25, 0.3) is 0 Å². The molecule has 6 N–H and O–H groups in total. The molecule has 0 aliphatic rings. The molecule has 0 aliphatic carbocycles. The summed E-state index contributed by atoms with van der Waals surface area (Å²) >= 11 is 0. The molecular formula is C25H33N3NiO6. The average Bonchev–Trinajstić information content (AvgIpc) is 2.75. The molecule has 0 saturated carbocycles. The summed E-state index contributed by atoms with van der Waals surface area (Å²) in [6.07, 6.45) is 4.40. The van der Waals surface area contributed by atoms with E-state index < -0.39 is 17.6 Å². The maximum absolute atomic E-state index is 12.1. The molecule has 2 aromatic rings. The molecule has 2 aromatic carbocycles. The van der Waals surface area contributed by atoms with Crippen molar-refractivity contribution in [3.8, 4) is 23.0 Å². The standard InChI is InChI=1S/C25H33N3O6.Ni/c1-25(2,3)34-24(33)19(26)10-6-9-18(28-14-17-8-5-12-21(30)23(17)32)15-27-13-16-7-4-11-20(29)22(16)31;/h4-5,7-8,11-14,18-19,29-32H,6,9-10,15,26H2,1-3H3;/t18-,19?;/m0./s1. The Labute approximate surface area is 215 Å². The number of carbonyl (C=O) groups excluding carboxylic acids is 1. The number of aliphatic imine (C=N–C) groups is 2. The quantitative estimate of drug-likeness (QED) is 0.137. The minimum atomic E-state index is -0.758. The largest absolute Gasteiger partial charge is 0.504 e. The van der Waals surface area contributed by atoms with E-state index in [1.807, 2.05) is 0 Å². The first-order valence-corrected chi connectivity index (χ1v) is 11.0. The van der Waals surface area contributed by atoms with Gasteiger partial charge in [0.2, 0.25) is 0 Å². The van der Waals surface area contributed by atoms with Crippen molar-refractivity contribution in [1.29, 1.82) is 0 Å². The van der Waals surface area contributed by atoms with Gasteiger partial charge in [0, 0.05) is 40.0 Å². The Morgan fingerprint density at radius 3 is 2.06 bits per heavy atom. The van der Waals surface area contributed by atoms with E-state index in [9.17, 15) is 25.2 Å². The number of rotatable bonds is 10. The van der Waals surface area contributed by atoms with E-state index >= 15 is 0 Å². The summed E-state index contributed by atoms with van der Waals surface area (Å²) in [6.45, 7) is 5.58. The fourth-order valence-corrected chi connectivity index (χ4v) is 3.05. The Morgan fingerprint density at radius 2 is 1.51 bits per heavy atom. The Hall–Kier alpha value is -3.10. The average molecular weight is 530 g/mol. The summed E-state index contributed by atoms with van der Waals surface area (Å²) in [5.74, 6) is -1.49. The number of esters is 1. The second-order valence-corrected chi connectivity index (χ2v) is 8.93. The Balaban J connectivity index is 0.00000612. The van der Waals surface area contributed by atoms with E-state index in [-0.39, 0.29) is 52.1 Å². The molecule has 194 valence electrons. The van der Waals surface area contributed by atoms with Crippen LogP contribution in [0.2, 0.25) is 0 Å². The smallest absolute Gasteiger partial charge is 0.323 e. The summed E-state index contributed by atoms with van der Waals surface area (Å²) in [4.78, 5) is 20.9. The number of hydrogen-bond donors (Lipinski definition) is 5. The number of phenols is 4. The first-order valence-electron chi connectivity index (χ1n) is 11.0. The van der Waals surface area contributed by atoms with Gasteiger partial charge in [-0.2, -0.15) is 0 Å². The molecule has 0 spiro atoms. The maximum Gasteiger partial charge on any atom is 0.323 e. The van der Waals surface area contributed by atoms with Crippen LogP contribution in [-0.2, 0) is 26.0 Å². The zero-order valence-electron chi connectivity index (χ0n) is 20.0. The van der Waals surface area contributed by atoms with E-state index in [4.69, 9.17) is 10.5 Å². The number of nitrogens with two attached hydrogens (primary N) is 1. The van der Waals surface area contributed by atoms with Crippen LogP contribution in [0.5, 0.6) is 23.0 Å². The summed E-state index contributed by atoms with van der Waals surface area (Å²) in [7, 11) is 0. The third-order valence-electron chi connectivity index (χ3n) is 4.82. The monoisotopic (exact) mass is 529 g/mol. The molecule has 9 nitrogen and oxygen atoms in total. The first-order chi connectivity index (χ1) is 16.0. The predicted molar refractivity (Wildman–Crippen MR) is 131 cm³/mol. The van der Waals surface area contributed by atoms with Gasteiger partial charge < -0.3 is 30.9 Å². The molecule has 0 aliphatic heterocycles. The van der Waals surface area contributed by atoms with Crippen molar-refractivity contribution >= 4 is 18.4 Å². The molecule has 2 rings (SSSR count). The topological polar surface area (TPSA) is 158 Å². The van der Waals surface area contributed by atoms with Crippen LogP contribution in [0.4, 0.5) is 0 Å². The number of hydrogen-bond acceptors (Lipinski definition) is 9. The van der Waals surface area contributed by atoms with Crippen LogP contribution in [-0.4, -0.2) is 63.1 Å². The molecular weight excluding hydrogens is 497 g/mol. The molecule has 0 aromatic heterocycles. The van der Waals surface area contributed by atoms with E-state index in [2.05, 4.69) is 9.98 Å². The van der Waals surface area contributed by atoms with Crippen LogP contribution >= 0.6 is 0 Å². The third kappa shape index (κ3) is 9.96. The van der Waals surface area contributed by atoms with E-state index in [0.29, 0.717) is 30.4 Å². The number of benzene rings is 2. The molecule has 0 radical (unpaired) electrons. The summed E-state index contributed by atoms with van der Waals surface area (Å²) in [6, 6.07) is 8.06. The molecule has 0 saturated heterocycles. The van der Waals surface area contributed by atoms with Crippen molar-refractivity contribution in [2.24, 2.45) is 15.7 Å². The zero-order chi connectivity index (χ0) is 25.3. The SMILES string of the molecule is CC(C)(C)OC(=O)C(N)CCC[C@@H](CN=Cc1cccc(O)c1O)N=Cc1cccc(O)c1O.[Ni]. The Bertz CT molecular complexity index is 1040. The minimum absolute atomic E-state index is 0.